The monoisotopic (exact) mass is 215 g/mol. The minimum atomic E-state index is -0.323. The molecular weight excluding hydrogens is 202 g/mol. The molecule has 0 spiro atoms. The molecule has 4 heteroatoms. The number of benzene rings is 1. The van der Waals surface area contributed by atoms with Crippen LogP contribution >= 0.6 is 0 Å². The normalized spacial score (nSPS) is 10.3. The molecule has 1 aromatic carbocycles. The number of rotatable bonds is 3. The van der Waals surface area contributed by atoms with Gasteiger partial charge in [-0.25, -0.2) is 0 Å². The zero-order valence-electron chi connectivity index (χ0n) is 9.05. The van der Waals surface area contributed by atoms with Crippen molar-refractivity contribution in [1.29, 1.82) is 0 Å². The van der Waals surface area contributed by atoms with E-state index in [2.05, 4.69) is 5.10 Å². The van der Waals surface area contributed by atoms with Crippen molar-refractivity contribution in [1.82, 2.24) is 9.78 Å². The Bertz CT molecular complexity index is 516. The third-order valence-electron chi connectivity index (χ3n) is 2.40. The Morgan fingerprint density at radius 1 is 1.44 bits per heavy atom. The molecule has 4 nitrogen and oxygen atoms in total. The summed E-state index contributed by atoms with van der Waals surface area (Å²) in [7, 11) is 1.86. The fourth-order valence-electron chi connectivity index (χ4n) is 1.70. The van der Waals surface area contributed by atoms with Gasteiger partial charge in [0.05, 0.1) is 12.6 Å². The quantitative estimate of drug-likeness (QED) is 0.833. The van der Waals surface area contributed by atoms with E-state index in [1.165, 1.54) is 0 Å². The van der Waals surface area contributed by atoms with Crippen molar-refractivity contribution >= 4 is 5.91 Å². The van der Waals surface area contributed by atoms with Gasteiger partial charge >= 0.3 is 0 Å². The van der Waals surface area contributed by atoms with Crippen LogP contribution in [-0.2, 0) is 18.3 Å². The number of hydrogen-bond acceptors (Lipinski definition) is 2. The Labute approximate surface area is 93.7 Å². The number of carbonyl (C=O) groups excluding carboxylic acids is 1. The average Bonchev–Trinajstić information content (AvgIpc) is 2.65. The lowest BCUT2D eigenvalue weighted by atomic mass is 10.00. The van der Waals surface area contributed by atoms with E-state index >= 15 is 0 Å². The van der Waals surface area contributed by atoms with Gasteiger partial charge in [-0.15, -0.1) is 0 Å². The maximum Gasteiger partial charge on any atom is 0.221 e. The zero-order chi connectivity index (χ0) is 11.5. The van der Waals surface area contributed by atoms with E-state index in [1.54, 1.807) is 10.9 Å². The van der Waals surface area contributed by atoms with Gasteiger partial charge in [-0.1, -0.05) is 24.3 Å². The second-order valence-electron chi connectivity index (χ2n) is 3.70. The summed E-state index contributed by atoms with van der Waals surface area (Å²) in [5, 5.41) is 4.11. The van der Waals surface area contributed by atoms with Gasteiger partial charge < -0.3 is 5.73 Å². The van der Waals surface area contributed by atoms with E-state index < -0.39 is 0 Å². The van der Waals surface area contributed by atoms with Crippen LogP contribution in [0.5, 0.6) is 0 Å². The topological polar surface area (TPSA) is 60.9 Å². The molecule has 1 aromatic heterocycles. The van der Waals surface area contributed by atoms with Crippen molar-refractivity contribution in [3.8, 4) is 11.1 Å². The van der Waals surface area contributed by atoms with Gasteiger partial charge in [0, 0.05) is 18.8 Å². The zero-order valence-corrected chi connectivity index (χ0v) is 9.05. The van der Waals surface area contributed by atoms with E-state index in [9.17, 15) is 4.79 Å². The Kier molecular flexibility index (Phi) is 2.72. The predicted octanol–water partition coefficient (Wildman–Crippen LogP) is 1.11. The summed E-state index contributed by atoms with van der Waals surface area (Å²) in [6, 6.07) is 7.72. The van der Waals surface area contributed by atoms with Crippen molar-refractivity contribution in [3.05, 3.63) is 42.2 Å². The van der Waals surface area contributed by atoms with Gasteiger partial charge in [-0.2, -0.15) is 5.10 Å². The van der Waals surface area contributed by atoms with Gasteiger partial charge in [0.15, 0.2) is 0 Å². The van der Waals surface area contributed by atoms with Gasteiger partial charge in [-0.3, -0.25) is 9.48 Å². The molecule has 0 unspecified atom stereocenters. The van der Waals surface area contributed by atoms with Crippen LogP contribution in [-0.4, -0.2) is 15.7 Å². The highest BCUT2D eigenvalue weighted by Gasteiger charge is 2.08. The van der Waals surface area contributed by atoms with Gasteiger partial charge in [0.25, 0.3) is 0 Å². The van der Waals surface area contributed by atoms with Crippen LogP contribution in [0.1, 0.15) is 5.56 Å². The Morgan fingerprint density at radius 2 is 2.19 bits per heavy atom. The molecule has 0 saturated heterocycles. The molecule has 0 radical (unpaired) electrons. The molecule has 0 aliphatic carbocycles. The molecule has 2 N–H and O–H groups in total. The van der Waals surface area contributed by atoms with Crippen LogP contribution < -0.4 is 5.73 Å². The smallest absolute Gasteiger partial charge is 0.221 e. The van der Waals surface area contributed by atoms with Crippen LogP contribution in [0.25, 0.3) is 11.1 Å². The molecule has 1 amide bonds. The van der Waals surface area contributed by atoms with Gasteiger partial charge in [-0.05, 0) is 11.1 Å². The number of nitrogens with two attached hydrogens (primary N) is 1. The minimum absolute atomic E-state index is 0.255. The summed E-state index contributed by atoms with van der Waals surface area (Å²) in [4.78, 5) is 11.0. The maximum absolute atomic E-state index is 11.0. The third-order valence-corrected chi connectivity index (χ3v) is 2.40. The Morgan fingerprint density at radius 3 is 2.81 bits per heavy atom. The van der Waals surface area contributed by atoms with E-state index in [4.69, 9.17) is 5.73 Å². The SMILES string of the molecule is Cn1cc(-c2ccccc2CC(N)=O)cn1. The van der Waals surface area contributed by atoms with E-state index in [0.717, 1.165) is 16.7 Å². The summed E-state index contributed by atoms with van der Waals surface area (Å²) in [5.41, 5.74) is 8.16. The second kappa shape index (κ2) is 4.18. The minimum Gasteiger partial charge on any atom is -0.369 e. The molecule has 2 aromatic rings. The van der Waals surface area contributed by atoms with Crippen LogP contribution in [0.15, 0.2) is 36.7 Å². The summed E-state index contributed by atoms with van der Waals surface area (Å²) in [5.74, 6) is -0.323. The predicted molar refractivity (Wildman–Crippen MR) is 61.5 cm³/mol. The molecule has 1 heterocycles. The summed E-state index contributed by atoms with van der Waals surface area (Å²) < 4.78 is 1.73. The summed E-state index contributed by atoms with van der Waals surface area (Å²) in [6.07, 6.45) is 3.95. The van der Waals surface area contributed by atoms with E-state index in [0.29, 0.717) is 0 Å². The van der Waals surface area contributed by atoms with Crippen molar-refractivity contribution in [2.24, 2.45) is 12.8 Å². The van der Waals surface area contributed by atoms with E-state index in [1.807, 2.05) is 37.5 Å². The molecule has 82 valence electrons. The van der Waals surface area contributed by atoms with Crippen LogP contribution in [0.3, 0.4) is 0 Å². The standard InChI is InChI=1S/C12H13N3O/c1-15-8-10(7-14-15)11-5-3-2-4-9(11)6-12(13)16/h2-5,7-8H,6H2,1H3,(H2,13,16). The highest BCUT2D eigenvalue weighted by atomic mass is 16.1. The molecule has 0 aliphatic rings. The number of hydrogen-bond donors (Lipinski definition) is 1. The lowest BCUT2D eigenvalue weighted by Crippen LogP contribution is -2.14. The number of amides is 1. The van der Waals surface area contributed by atoms with Crippen molar-refractivity contribution in [2.45, 2.75) is 6.42 Å². The van der Waals surface area contributed by atoms with Crippen molar-refractivity contribution < 1.29 is 4.79 Å². The summed E-state index contributed by atoms with van der Waals surface area (Å²) in [6.45, 7) is 0. The van der Waals surface area contributed by atoms with Gasteiger partial charge in [0.2, 0.25) is 5.91 Å². The first-order valence-electron chi connectivity index (χ1n) is 5.02. The Balaban J connectivity index is 2.43. The fourth-order valence-corrected chi connectivity index (χ4v) is 1.70. The number of aryl methyl sites for hydroxylation is 1. The molecule has 2 rings (SSSR count). The molecule has 0 bridgehead atoms. The lowest BCUT2D eigenvalue weighted by molar-refractivity contribution is -0.117. The number of nitrogens with zero attached hydrogens (tertiary/aromatic N) is 2. The first-order valence-corrected chi connectivity index (χ1v) is 5.02. The summed E-state index contributed by atoms with van der Waals surface area (Å²) >= 11 is 0. The fraction of sp³-hybridized carbons (Fsp3) is 0.167. The number of primary amides is 1. The number of carbonyl (C=O) groups is 1. The van der Waals surface area contributed by atoms with Gasteiger partial charge in [0.1, 0.15) is 0 Å². The average molecular weight is 215 g/mol. The second-order valence-corrected chi connectivity index (χ2v) is 3.70. The van der Waals surface area contributed by atoms with Crippen LogP contribution in [0.4, 0.5) is 0 Å². The third kappa shape index (κ3) is 2.11. The van der Waals surface area contributed by atoms with Crippen LogP contribution in [0.2, 0.25) is 0 Å². The molecule has 16 heavy (non-hydrogen) atoms. The number of aromatic nitrogens is 2. The highest BCUT2D eigenvalue weighted by Crippen LogP contribution is 2.23. The molecule has 0 aliphatic heterocycles. The van der Waals surface area contributed by atoms with Crippen LogP contribution in [0, 0.1) is 0 Å². The largest absolute Gasteiger partial charge is 0.369 e. The Hall–Kier alpha value is -2.10. The van der Waals surface area contributed by atoms with E-state index in [-0.39, 0.29) is 12.3 Å². The maximum atomic E-state index is 11.0. The molecule has 0 fully saturated rings. The first kappa shape index (κ1) is 10.4. The molecular formula is C12H13N3O. The highest BCUT2D eigenvalue weighted by molar-refractivity contribution is 5.80. The van der Waals surface area contributed by atoms with Crippen molar-refractivity contribution in [2.75, 3.05) is 0 Å². The molecule has 0 atom stereocenters. The van der Waals surface area contributed by atoms with Crippen molar-refractivity contribution in [3.63, 3.8) is 0 Å². The lowest BCUT2D eigenvalue weighted by Gasteiger charge is -2.05. The first-order chi connectivity index (χ1) is 7.66. The molecule has 0 saturated carbocycles.